The first-order valence-corrected chi connectivity index (χ1v) is 7.48. The monoisotopic (exact) mass is 346 g/mol. The van der Waals surface area contributed by atoms with E-state index in [0.29, 0.717) is 24.3 Å². The minimum atomic E-state index is 0.0269. The fraction of sp³-hybridized carbons (Fsp3) is 0.188. The van der Waals surface area contributed by atoms with Crippen LogP contribution in [-0.2, 0) is 11.2 Å². The molecule has 0 saturated heterocycles. The summed E-state index contributed by atoms with van der Waals surface area (Å²) in [4.78, 5) is 11.4. The lowest BCUT2D eigenvalue weighted by atomic mass is 10.0. The van der Waals surface area contributed by atoms with Crippen LogP contribution in [0, 0.1) is 6.92 Å². The van der Waals surface area contributed by atoms with Crippen molar-refractivity contribution in [2.75, 3.05) is 11.1 Å². The van der Waals surface area contributed by atoms with Crippen LogP contribution in [0.4, 0.5) is 11.4 Å². The molecule has 21 heavy (non-hydrogen) atoms. The molecule has 0 saturated carbocycles. The van der Waals surface area contributed by atoms with Gasteiger partial charge in [-0.05, 0) is 54.8 Å². The third-order valence-corrected chi connectivity index (χ3v) is 4.38. The maximum atomic E-state index is 11.4. The van der Waals surface area contributed by atoms with Crippen molar-refractivity contribution in [3.63, 3.8) is 0 Å². The summed E-state index contributed by atoms with van der Waals surface area (Å²) >= 11 is 3.46. The fourth-order valence-corrected chi connectivity index (χ4v) is 2.57. The number of hydrogen-bond acceptors (Lipinski definition) is 3. The van der Waals surface area contributed by atoms with Gasteiger partial charge in [-0.25, -0.2) is 0 Å². The van der Waals surface area contributed by atoms with Crippen molar-refractivity contribution in [3.8, 4) is 11.5 Å². The second-order valence-corrected chi connectivity index (χ2v) is 5.96. The fourth-order valence-electron chi connectivity index (χ4n) is 2.32. The number of carbonyl (C=O) groups excluding carboxylic acids is 1. The number of rotatable bonds is 2. The molecular weight excluding hydrogens is 332 g/mol. The first kappa shape index (κ1) is 13.9. The predicted octanol–water partition coefficient (Wildman–Crippen LogP) is 4.02. The summed E-state index contributed by atoms with van der Waals surface area (Å²) in [7, 11) is 0. The van der Waals surface area contributed by atoms with Gasteiger partial charge in [-0.1, -0.05) is 15.9 Å². The summed E-state index contributed by atoms with van der Waals surface area (Å²) < 4.78 is 6.92. The third-order valence-electron chi connectivity index (χ3n) is 3.49. The zero-order valence-electron chi connectivity index (χ0n) is 11.6. The number of amides is 1. The molecule has 3 N–H and O–H groups in total. The molecule has 3 rings (SSSR count). The van der Waals surface area contributed by atoms with E-state index in [9.17, 15) is 4.79 Å². The Labute approximate surface area is 131 Å². The average Bonchev–Trinajstić information content (AvgIpc) is 2.44. The van der Waals surface area contributed by atoms with E-state index >= 15 is 0 Å². The number of nitrogens with two attached hydrogens (primary N) is 1. The summed E-state index contributed by atoms with van der Waals surface area (Å²) in [5.41, 5.74) is 9.45. The number of nitrogen functional groups attached to an aromatic ring is 1. The van der Waals surface area contributed by atoms with Crippen molar-refractivity contribution < 1.29 is 9.53 Å². The maximum Gasteiger partial charge on any atom is 0.224 e. The normalized spacial score (nSPS) is 13.5. The number of carbonyl (C=O) groups is 1. The number of benzene rings is 2. The first-order chi connectivity index (χ1) is 10.0. The first-order valence-electron chi connectivity index (χ1n) is 6.69. The summed E-state index contributed by atoms with van der Waals surface area (Å²) in [6.45, 7) is 2.00. The number of halogens is 1. The van der Waals surface area contributed by atoms with Gasteiger partial charge in [-0.3, -0.25) is 4.79 Å². The molecular formula is C16H15BrN2O2. The van der Waals surface area contributed by atoms with Crippen LogP contribution >= 0.6 is 15.9 Å². The smallest absolute Gasteiger partial charge is 0.224 e. The Bertz CT molecular complexity index is 728. The lowest BCUT2D eigenvalue weighted by Crippen LogP contribution is -2.19. The van der Waals surface area contributed by atoms with Gasteiger partial charge >= 0.3 is 0 Å². The topological polar surface area (TPSA) is 64.3 Å². The van der Waals surface area contributed by atoms with Gasteiger partial charge in [0.05, 0.1) is 5.69 Å². The number of aryl methyl sites for hydroxylation is 2. The molecule has 0 fully saturated rings. The van der Waals surface area contributed by atoms with Crippen molar-refractivity contribution in [1.29, 1.82) is 0 Å². The van der Waals surface area contributed by atoms with Crippen LogP contribution < -0.4 is 15.8 Å². The summed E-state index contributed by atoms with van der Waals surface area (Å²) in [6, 6.07) is 9.44. The molecule has 2 aromatic carbocycles. The molecule has 0 spiro atoms. The standard InChI is InChI=1S/C16H15BrN2O2/c1-9-6-11(3-4-12(9)17)21-15-7-10-2-5-16(20)19-14(10)8-13(15)18/h3-4,6-8H,2,5,18H2,1H3,(H,19,20). The van der Waals surface area contributed by atoms with Crippen LogP contribution in [0.2, 0.25) is 0 Å². The minimum Gasteiger partial charge on any atom is -0.455 e. The summed E-state index contributed by atoms with van der Waals surface area (Å²) in [5, 5.41) is 2.83. The molecule has 0 radical (unpaired) electrons. The Hall–Kier alpha value is -2.01. The molecule has 1 aliphatic rings. The van der Waals surface area contributed by atoms with E-state index in [4.69, 9.17) is 10.5 Å². The van der Waals surface area contributed by atoms with Gasteiger partial charge < -0.3 is 15.8 Å². The predicted molar refractivity (Wildman–Crippen MR) is 86.8 cm³/mol. The molecule has 0 bridgehead atoms. The molecule has 0 aromatic heterocycles. The van der Waals surface area contributed by atoms with Gasteiger partial charge in [0.25, 0.3) is 0 Å². The Balaban J connectivity index is 1.92. The lowest BCUT2D eigenvalue weighted by molar-refractivity contribution is -0.116. The van der Waals surface area contributed by atoms with Crippen LogP contribution in [0.15, 0.2) is 34.8 Å². The molecule has 1 amide bonds. The van der Waals surface area contributed by atoms with E-state index in [0.717, 1.165) is 27.0 Å². The van der Waals surface area contributed by atoms with E-state index < -0.39 is 0 Å². The molecule has 1 aliphatic heterocycles. The second kappa shape index (κ2) is 5.41. The molecule has 0 unspecified atom stereocenters. The summed E-state index contributed by atoms with van der Waals surface area (Å²) in [6.07, 6.45) is 1.20. The molecule has 5 heteroatoms. The Kier molecular flexibility index (Phi) is 3.59. The average molecular weight is 347 g/mol. The van der Waals surface area contributed by atoms with Crippen LogP contribution in [0.5, 0.6) is 11.5 Å². The highest BCUT2D eigenvalue weighted by Crippen LogP contribution is 2.35. The quantitative estimate of drug-likeness (QED) is 0.807. The minimum absolute atomic E-state index is 0.0269. The van der Waals surface area contributed by atoms with E-state index in [1.165, 1.54) is 0 Å². The molecule has 4 nitrogen and oxygen atoms in total. The zero-order chi connectivity index (χ0) is 15.0. The van der Waals surface area contributed by atoms with Gasteiger partial charge in [0, 0.05) is 16.6 Å². The SMILES string of the molecule is Cc1cc(Oc2cc3c(cc2N)NC(=O)CC3)ccc1Br. The van der Waals surface area contributed by atoms with Crippen LogP contribution in [-0.4, -0.2) is 5.91 Å². The van der Waals surface area contributed by atoms with E-state index in [2.05, 4.69) is 21.2 Å². The third kappa shape index (κ3) is 2.88. The van der Waals surface area contributed by atoms with Gasteiger partial charge in [0.2, 0.25) is 5.91 Å². The highest BCUT2D eigenvalue weighted by molar-refractivity contribution is 9.10. The second-order valence-electron chi connectivity index (χ2n) is 5.11. The number of nitrogens with one attached hydrogen (secondary N) is 1. The van der Waals surface area contributed by atoms with Crippen LogP contribution in [0.25, 0.3) is 0 Å². The number of ether oxygens (including phenoxy) is 1. The van der Waals surface area contributed by atoms with Crippen molar-refractivity contribution in [2.24, 2.45) is 0 Å². The Morgan fingerprint density at radius 3 is 2.81 bits per heavy atom. The van der Waals surface area contributed by atoms with E-state index in [-0.39, 0.29) is 5.91 Å². The lowest BCUT2D eigenvalue weighted by Gasteiger charge is -2.19. The van der Waals surface area contributed by atoms with Crippen molar-refractivity contribution in [1.82, 2.24) is 0 Å². The number of anilines is 2. The molecule has 2 aromatic rings. The maximum absolute atomic E-state index is 11.4. The Morgan fingerprint density at radius 1 is 1.24 bits per heavy atom. The van der Waals surface area contributed by atoms with Crippen LogP contribution in [0.1, 0.15) is 17.5 Å². The van der Waals surface area contributed by atoms with Gasteiger partial charge in [0.15, 0.2) is 5.75 Å². The van der Waals surface area contributed by atoms with Gasteiger partial charge in [-0.2, -0.15) is 0 Å². The van der Waals surface area contributed by atoms with Crippen LogP contribution in [0.3, 0.4) is 0 Å². The zero-order valence-corrected chi connectivity index (χ0v) is 13.2. The van der Waals surface area contributed by atoms with Crippen molar-refractivity contribution >= 4 is 33.2 Å². The molecule has 0 aliphatic carbocycles. The van der Waals surface area contributed by atoms with Gasteiger partial charge in [0.1, 0.15) is 5.75 Å². The number of hydrogen-bond donors (Lipinski definition) is 2. The Morgan fingerprint density at radius 2 is 2.05 bits per heavy atom. The van der Waals surface area contributed by atoms with Gasteiger partial charge in [-0.15, -0.1) is 0 Å². The highest BCUT2D eigenvalue weighted by atomic mass is 79.9. The molecule has 1 heterocycles. The molecule has 108 valence electrons. The number of fused-ring (bicyclic) bond motifs is 1. The van der Waals surface area contributed by atoms with Crippen molar-refractivity contribution in [2.45, 2.75) is 19.8 Å². The largest absolute Gasteiger partial charge is 0.455 e. The highest BCUT2D eigenvalue weighted by Gasteiger charge is 2.17. The van der Waals surface area contributed by atoms with E-state index in [1.54, 1.807) is 6.07 Å². The van der Waals surface area contributed by atoms with Crippen molar-refractivity contribution in [3.05, 3.63) is 45.9 Å². The van der Waals surface area contributed by atoms with E-state index in [1.807, 2.05) is 31.2 Å². The summed E-state index contributed by atoms with van der Waals surface area (Å²) in [5.74, 6) is 1.38. The molecule has 0 atom stereocenters.